The number of anilines is 1. The Kier molecular flexibility index (Phi) is 2.44. The average Bonchev–Trinajstić information content (AvgIpc) is 2.60. The Morgan fingerprint density at radius 3 is 2.47 bits per heavy atom. The molecule has 0 fully saturated rings. The molecule has 0 bridgehead atoms. The summed E-state index contributed by atoms with van der Waals surface area (Å²) in [7, 11) is 0. The molecule has 0 saturated carbocycles. The monoisotopic (exact) mass is 219 g/mol. The Bertz CT molecular complexity index is 479. The van der Waals surface area contributed by atoms with Crippen molar-refractivity contribution in [3.63, 3.8) is 0 Å². The Balaban J connectivity index is 2.60. The zero-order valence-corrected chi connectivity index (χ0v) is 9.85. The molecule has 0 aromatic carbocycles. The van der Waals surface area contributed by atoms with Gasteiger partial charge in [0.2, 0.25) is 0 Å². The maximum atomic E-state index is 5.83. The zero-order chi connectivity index (χ0) is 11.0. The second-order valence-electron chi connectivity index (χ2n) is 3.58. The highest BCUT2D eigenvalue weighted by Crippen LogP contribution is 2.27. The van der Waals surface area contributed by atoms with Crippen molar-refractivity contribution in [1.82, 2.24) is 9.97 Å². The van der Waals surface area contributed by atoms with Gasteiger partial charge in [0, 0.05) is 11.3 Å². The fourth-order valence-electron chi connectivity index (χ4n) is 1.35. The molecule has 2 aromatic heterocycles. The topological polar surface area (TPSA) is 51.8 Å². The molecule has 0 unspecified atom stereocenters. The number of aryl methyl sites for hydroxylation is 2. The van der Waals surface area contributed by atoms with E-state index in [9.17, 15) is 0 Å². The molecule has 78 valence electrons. The Labute approximate surface area is 93.0 Å². The lowest BCUT2D eigenvalue weighted by Gasteiger charge is -2.05. The highest BCUT2D eigenvalue weighted by molar-refractivity contribution is 7.13. The van der Waals surface area contributed by atoms with Crippen LogP contribution in [0, 0.1) is 20.8 Å². The van der Waals surface area contributed by atoms with Gasteiger partial charge in [-0.15, -0.1) is 11.3 Å². The van der Waals surface area contributed by atoms with E-state index in [2.05, 4.69) is 23.0 Å². The van der Waals surface area contributed by atoms with Gasteiger partial charge in [0.15, 0.2) is 5.82 Å². The molecule has 0 spiro atoms. The molecule has 15 heavy (non-hydrogen) atoms. The fourth-order valence-corrected chi connectivity index (χ4v) is 2.21. The predicted molar refractivity (Wildman–Crippen MR) is 64.0 cm³/mol. The van der Waals surface area contributed by atoms with E-state index in [0.717, 1.165) is 22.0 Å². The van der Waals surface area contributed by atoms with Gasteiger partial charge in [-0.25, -0.2) is 9.97 Å². The van der Waals surface area contributed by atoms with Crippen molar-refractivity contribution in [2.45, 2.75) is 20.8 Å². The van der Waals surface area contributed by atoms with Crippen molar-refractivity contribution < 1.29 is 0 Å². The SMILES string of the molecule is Cc1ccsc1-c1nc(C)c(C)c(N)n1. The van der Waals surface area contributed by atoms with Crippen LogP contribution in [-0.2, 0) is 0 Å². The van der Waals surface area contributed by atoms with Crippen molar-refractivity contribution in [3.8, 4) is 10.7 Å². The third kappa shape index (κ3) is 1.72. The summed E-state index contributed by atoms with van der Waals surface area (Å²) in [5, 5.41) is 2.04. The van der Waals surface area contributed by atoms with Crippen LogP contribution in [0.1, 0.15) is 16.8 Å². The molecule has 0 radical (unpaired) electrons. The van der Waals surface area contributed by atoms with Crippen LogP contribution in [-0.4, -0.2) is 9.97 Å². The van der Waals surface area contributed by atoms with E-state index < -0.39 is 0 Å². The van der Waals surface area contributed by atoms with Gasteiger partial charge >= 0.3 is 0 Å². The lowest BCUT2D eigenvalue weighted by molar-refractivity contribution is 1.08. The molecule has 0 aliphatic rings. The number of aromatic nitrogens is 2. The molecule has 2 heterocycles. The standard InChI is InChI=1S/C11H13N3S/c1-6-4-5-15-9(6)11-13-8(3)7(2)10(12)14-11/h4-5H,1-3H3,(H2,12,13,14). The first-order chi connectivity index (χ1) is 7.09. The highest BCUT2D eigenvalue weighted by Gasteiger charge is 2.10. The molecule has 0 aliphatic heterocycles. The van der Waals surface area contributed by atoms with Gasteiger partial charge in [0.05, 0.1) is 4.88 Å². The minimum Gasteiger partial charge on any atom is -0.383 e. The number of nitrogens with two attached hydrogens (primary N) is 1. The molecular weight excluding hydrogens is 206 g/mol. The van der Waals surface area contributed by atoms with Crippen LogP contribution in [0.4, 0.5) is 5.82 Å². The van der Waals surface area contributed by atoms with Crippen LogP contribution in [0.3, 0.4) is 0 Å². The van der Waals surface area contributed by atoms with Crippen LogP contribution < -0.4 is 5.73 Å². The highest BCUT2D eigenvalue weighted by atomic mass is 32.1. The van der Waals surface area contributed by atoms with Crippen LogP contribution in [0.5, 0.6) is 0 Å². The largest absolute Gasteiger partial charge is 0.383 e. The minimum atomic E-state index is 0.574. The van der Waals surface area contributed by atoms with E-state index in [1.807, 2.05) is 19.2 Å². The number of hydrogen-bond donors (Lipinski definition) is 1. The number of thiophene rings is 1. The maximum Gasteiger partial charge on any atom is 0.172 e. The third-order valence-electron chi connectivity index (χ3n) is 2.49. The van der Waals surface area contributed by atoms with Crippen molar-refractivity contribution in [2.24, 2.45) is 0 Å². The summed E-state index contributed by atoms with van der Waals surface area (Å²) in [6.07, 6.45) is 0. The van der Waals surface area contributed by atoms with Crippen LogP contribution in [0.15, 0.2) is 11.4 Å². The second kappa shape index (κ2) is 3.62. The quantitative estimate of drug-likeness (QED) is 0.802. The normalized spacial score (nSPS) is 10.6. The van der Waals surface area contributed by atoms with Gasteiger partial charge in [-0.2, -0.15) is 0 Å². The first-order valence-electron chi connectivity index (χ1n) is 4.74. The molecule has 0 amide bonds. The first-order valence-corrected chi connectivity index (χ1v) is 5.62. The lowest BCUT2D eigenvalue weighted by atomic mass is 10.2. The van der Waals surface area contributed by atoms with Gasteiger partial charge in [-0.3, -0.25) is 0 Å². The average molecular weight is 219 g/mol. The number of nitrogen functional groups attached to an aromatic ring is 1. The molecule has 2 aromatic rings. The zero-order valence-electron chi connectivity index (χ0n) is 9.03. The molecule has 0 saturated heterocycles. The van der Waals surface area contributed by atoms with Crippen LogP contribution in [0.25, 0.3) is 10.7 Å². The van der Waals surface area contributed by atoms with Crippen molar-refractivity contribution >= 4 is 17.2 Å². The maximum absolute atomic E-state index is 5.83. The Morgan fingerprint density at radius 2 is 1.93 bits per heavy atom. The van der Waals surface area contributed by atoms with E-state index >= 15 is 0 Å². The van der Waals surface area contributed by atoms with E-state index in [1.165, 1.54) is 5.56 Å². The summed E-state index contributed by atoms with van der Waals surface area (Å²) in [5.41, 5.74) is 8.94. The summed E-state index contributed by atoms with van der Waals surface area (Å²) in [5.74, 6) is 1.31. The number of rotatable bonds is 1. The van der Waals surface area contributed by atoms with Crippen molar-refractivity contribution in [3.05, 3.63) is 28.3 Å². The van der Waals surface area contributed by atoms with Gasteiger partial charge in [0.25, 0.3) is 0 Å². The van der Waals surface area contributed by atoms with Gasteiger partial charge in [-0.05, 0) is 37.8 Å². The van der Waals surface area contributed by atoms with Gasteiger partial charge in [0.1, 0.15) is 5.82 Å². The lowest BCUT2D eigenvalue weighted by Crippen LogP contribution is -2.01. The van der Waals surface area contributed by atoms with Crippen molar-refractivity contribution in [2.75, 3.05) is 5.73 Å². The van der Waals surface area contributed by atoms with Gasteiger partial charge in [-0.1, -0.05) is 0 Å². The van der Waals surface area contributed by atoms with Crippen LogP contribution in [0.2, 0.25) is 0 Å². The fraction of sp³-hybridized carbons (Fsp3) is 0.273. The van der Waals surface area contributed by atoms with E-state index in [-0.39, 0.29) is 0 Å². The van der Waals surface area contributed by atoms with Crippen LogP contribution >= 0.6 is 11.3 Å². The van der Waals surface area contributed by atoms with E-state index in [1.54, 1.807) is 11.3 Å². The summed E-state index contributed by atoms with van der Waals surface area (Å²) < 4.78 is 0. The second-order valence-corrected chi connectivity index (χ2v) is 4.49. The summed E-state index contributed by atoms with van der Waals surface area (Å²) in [4.78, 5) is 9.87. The third-order valence-corrected chi connectivity index (χ3v) is 3.50. The van der Waals surface area contributed by atoms with E-state index in [0.29, 0.717) is 5.82 Å². The van der Waals surface area contributed by atoms with Gasteiger partial charge < -0.3 is 5.73 Å². The first kappa shape index (κ1) is 10.1. The Hall–Kier alpha value is -1.42. The minimum absolute atomic E-state index is 0.574. The molecule has 3 nitrogen and oxygen atoms in total. The molecule has 4 heteroatoms. The summed E-state index contributed by atoms with van der Waals surface area (Å²) >= 11 is 1.65. The summed E-state index contributed by atoms with van der Waals surface area (Å²) in [6, 6.07) is 2.06. The predicted octanol–water partition coefficient (Wildman–Crippen LogP) is 2.71. The number of hydrogen-bond acceptors (Lipinski definition) is 4. The molecular formula is C11H13N3S. The summed E-state index contributed by atoms with van der Waals surface area (Å²) in [6.45, 7) is 5.95. The Morgan fingerprint density at radius 1 is 1.20 bits per heavy atom. The molecule has 2 rings (SSSR count). The smallest absolute Gasteiger partial charge is 0.172 e. The number of nitrogens with zero attached hydrogens (tertiary/aromatic N) is 2. The van der Waals surface area contributed by atoms with E-state index in [4.69, 9.17) is 5.73 Å². The van der Waals surface area contributed by atoms with Crippen molar-refractivity contribution in [1.29, 1.82) is 0 Å². The molecule has 2 N–H and O–H groups in total. The molecule has 0 atom stereocenters. The molecule has 0 aliphatic carbocycles.